The first-order valence-corrected chi connectivity index (χ1v) is 9.06. The molecule has 0 spiro atoms. The number of rotatable bonds is 6. The quantitative estimate of drug-likeness (QED) is 0.849. The summed E-state index contributed by atoms with van der Waals surface area (Å²) in [5.41, 5.74) is 1.04. The van der Waals surface area contributed by atoms with E-state index in [1.807, 2.05) is 48.5 Å². The van der Waals surface area contributed by atoms with E-state index < -0.39 is 6.04 Å². The zero-order valence-electron chi connectivity index (χ0n) is 15.3. The van der Waals surface area contributed by atoms with Crippen molar-refractivity contribution in [3.05, 3.63) is 66.2 Å². The lowest BCUT2D eigenvalue weighted by Crippen LogP contribution is -2.51. The second kappa shape index (κ2) is 9.19. The summed E-state index contributed by atoms with van der Waals surface area (Å²) >= 11 is 0. The van der Waals surface area contributed by atoms with Gasteiger partial charge in [0.1, 0.15) is 17.9 Å². The zero-order valence-corrected chi connectivity index (χ0v) is 15.3. The summed E-state index contributed by atoms with van der Waals surface area (Å²) in [6.45, 7) is 3.03. The average Bonchev–Trinajstić information content (AvgIpc) is 2.73. The van der Waals surface area contributed by atoms with E-state index in [2.05, 4.69) is 5.32 Å². The molecular formula is C21H24N2O4. The van der Waals surface area contributed by atoms with Crippen LogP contribution in [-0.2, 0) is 14.3 Å². The van der Waals surface area contributed by atoms with Gasteiger partial charge in [0.15, 0.2) is 6.61 Å². The molecule has 6 nitrogen and oxygen atoms in total. The summed E-state index contributed by atoms with van der Waals surface area (Å²) in [5.74, 6) is 0.172. The van der Waals surface area contributed by atoms with Gasteiger partial charge < -0.3 is 19.7 Å². The highest BCUT2D eigenvalue weighted by molar-refractivity contribution is 5.88. The molecule has 0 saturated carbocycles. The molecule has 1 aliphatic rings. The van der Waals surface area contributed by atoms with Crippen LogP contribution in [0.2, 0.25) is 0 Å². The predicted octanol–water partition coefficient (Wildman–Crippen LogP) is 2.17. The van der Waals surface area contributed by atoms with Crippen LogP contribution in [0.3, 0.4) is 0 Å². The molecule has 1 saturated heterocycles. The van der Waals surface area contributed by atoms with E-state index in [0.717, 1.165) is 5.56 Å². The molecule has 1 heterocycles. The van der Waals surface area contributed by atoms with Gasteiger partial charge in [0.05, 0.1) is 13.2 Å². The van der Waals surface area contributed by atoms with Crippen molar-refractivity contribution in [3.63, 3.8) is 0 Å². The Labute approximate surface area is 159 Å². The summed E-state index contributed by atoms with van der Waals surface area (Å²) in [6.07, 6.45) is -0.145. The van der Waals surface area contributed by atoms with E-state index in [4.69, 9.17) is 9.47 Å². The summed E-state index contributed by atoms with van der Waals surface area (Å²) in [4.78, 5) is 26.5. The predicted molar refractivity (Wildman–Crippen MR) is 101 cm³/mol. The van der Waals surface area contributed by atoms with Gasteiger partial charge in [-0.2, -0.15) is 0 Å². The van der Waals surface area contributed by atoms with Crippen LogP contribution in [0.5, 0.6) is 5.75 Å². The van der Waals surface area contributed by atoms with Gasteiger partial charge in [0, 0.05) is 6.54 Å². The highest BCUT2D eigenvalue weighted by Crippen LogP contribution is 2.22. The van der Waals surface area contributed by atoms with Gasteiger partial charge in [-0.1, -0.05) is 48.5 Å². The summed E-state index contributed by atoms with van der Waals surface area (Å²) < 4.78 is 11.2. The van der Waals surface area contributed by atoms with E-state index in [1.165, 1.54) is 0 Å². The van der Waals surface area contributed by atoms with Crippen LogP contribution in [0.1, 0.15) is 18.6 Å². The first-order valence-electron chi connectivity index (χ1n) is 9.06. The van der Waals surface area contributed by atoms with Gasteiger partial charge in [0.2, 0.25) is 5.91 Å². The number of morpholine rings is 1. The minimum Gasteiger partial charge on any atom is -0.484 e. The lowest BCUT2D eigenvalue weighted by Gasteiger charge is -2.34. The number of carbonyl (C=O) groups excluding carboxylic acids is 2. The Morgan fingerprint density at radius 2 is 1.81 bits per heavy atom. The number of para-hydroxylation sites is 1. The van der Waals surface area contributed by atoms with Crippen molar-refractivity contribution < 1.29 is 19.1 Å². The van der Waals surface area contributed by atoms with Crippen molar-refractivity contribution in [2.24, 2.45) is 0 Å². The molecule has 0 aliphatic carbocycles. The monoisotopic (exact) mass is 368 g/mol. The minimum absolute atomic E-state index is 0.118. The Balaban J connectivity index is 1.49. The van der Waals surface area contributed by atoms with Crippen molar-refractivity contribution in [2.75, 3.05) is 26.3 Å². The second-order valence-electron chi connectivity index (χ2n) is 6.45. The van der Waals surface area contributed by atoms with E-state index in [0.29, 0.717) is 25.4 Å². The summed E-state index contributed by atoms with van der Waals surface area (Å²) in [7, 11) is 0. The molecule has 2 aromatic rings. The number of nitrogens with one attached hydrogen (secondary N) is 1. The standard InChI is InChI=1S/C21H24N2O4/c1-16(22-20(24)15-27-18-10-6-3-7-11-18)21(25)23-12-13-26-19(14-23)17-8-4-2-5-9-17/h2-11,16,19H,12-15H2,1H3,(H,22,24)/t16-,19?/m1/s1. The van der Waals surface area contributed by atoms with Gasteiger partial charge in [-0.15, -0.1) is 0 Å². The SMILES string of the molecule is C[C@@H](NC(=O)COc1ccccc1)C(=O)N1CCOC(c2ccccc2)C1. The largest absolute Gasteiger partial charge is 0.484 e. The molecule has 2 amide bonds. The van der Waals surface area contributed by atoms with E-state index in [9.17, 15) is 9.59 Å². The van der Waals surface area contributed by atoms with Crippen molar-refractivity contribution in [3.8, 4) is 5.75 Å². The third kappa shape index (κ3) is 5.31. The molecule has 0 bridgehead atoms. The van der Waals surface area contributed by atoms with Crippen LogP contribution in [-0.4, -0.2) is 49.1 Å². The normalized spacial score (nSPS) is 17.8. The van der Waals surface area contributed by atoms with Gasteiger partial charge >= 0.3 is 0 Å². The Bertz CT molecular complexity index is 751. The Hall–Kier alpha value is -2.86. The summed E-state index contributed by atoms with van der Waals surface area (Å²) in [5, 5.41) is 2.71. The topological polar surface area (TPSA) is 67.9 Å². The maximum Gasteiger partial charge on any atom is 0.258 e. The van der Waals surface area contributed by atoms with Crippen molar-refractivity contribution in [1.82, 2.24) is 10.2 Å². The summed E-state index contributed by atoms with van der Waals surface area (Å²) in [6, 6.07) is 18.3. The number of hydrogen-bond acceptors (Lipinski definition) is 4. The van der Waals surface area contributed by atoms with Crippen LogP contribution in [0.15, 0.2) is 60.7 Å². The van der Waals surface area contributed by atoms with Crippen LogP contribution in [0, 0.1) is 0 Å². The Morgan fingerprint density at radius 1 is 1.15 bits per heavy atom. The first-order chi connectivity index (χ1) is 13.1. The number of nitrogens with zero attached hydrogens (tertiary/aromatic N) is 1. The fraction of sp³-hybridized carbons (Fsp3) is 0.333. The highest BCUT2D eigenvalue weighted by Gasteiger charge is 2.28. The maximum absolute atomic E-state index is 12.7. The maximum atomic E-state index is 12.7. The van der Waals surface area contributed by atoms with E-state index in [-0.39, 0.29) is 24.5 Å². The third-order valence-electron chi connectivity index (χ3n) is 4.41. The smallest absolute Gasteiger partial charge is 0.258 e. The van der Waals surface area contributed by atoms with Crippen LogP contribution in [0.4, 0.5) is 0 Å². The fourth-order valence-corrected chi connectivity index (χ4v) is 3.00. The van der Waals surface area contributed by atoms with Gasteiger partial charge in [-0.25, -0.2) is 0 Å². The number of ether oxygens (including phenoxy) is 2. The molecule has 1 N–H and O–H groups in total. The van der Waals surface area contributed by atoms with Crippen molar-refractivity contribution >= 4 is 11.8 Å². The third-order valence-corrected chi connectivity index (χ3v) is 4.41. The molecule has 1 aliphatic heterocycles. The van der Waals surface area contributed by atoms with Gasteiger partial charge in [0.25, 0.3) is 5.91 Å². The number of benzene rings is 2. The average molecular weight is 368 g/mol. The zero-order chi connectivity index (χ0) is 19.1. The molecule has 1 fully saturated rings. The molecule has 27 heavy (non-hydrogen) atoms. The number of hydrogen-bond donors (Lipinski definition) is 1. The lowest BCUT2D eigenvalue weighted by molar-refractivity contribution is -0.142. The lowest BCUT2D eigenvalue weighted by atomic mass is 10.1. The minimum atomic E-state index is -0.619. The van der Waals surface area contributed by atoms with E-state index >= 15 is 0 Å². The van der Waals surface area contributed by atoms with Gasteiger partial charge in [-0.05, 0) is 24.6 Å². The molecule has 2 atom stereocenters. The van der Waals surface area contributed by atoms with Crippen LogP contribution >= 0.6 is 0 Å². The fourth-order valence-electron chi connectivity index (χ4n) is 3.00. The molecule has 0 radical (unpaired) electrons. The van der Waals surface area contributed by atoms with Crippen molar-refractivity contribution in [2.45, 2.75) is 19.1 Å². The molecule has 3 rings (SSSR count). The number of carbonyl (C=O) groups is 2. The van der Waals surface area contributed by atoms with Crippen LogP contribution < -0.4 is 10.1 Å². The molecule has 142 valence electrons. The van der Waals surface area contributed by atoms with Crippen LogP contribution in [0.25, 0.3) is 0 Å². The molecule has 2 aromatic carbocycles. The van der Waals surface area contributed by atoms with Gasteiger partial charge in [-0.3, -0.25) is 9.59 Å². The number of amides is 2. The molecule has 0 aromatic heterocycles. The van der Waals surface area contributed by atoms with Crippen molar-refractivity contribution in [1.29, 1.82) is 0 Å². The second-order valence-corrected chi connectivity index (χ2v) is 6.45. The molecular weight excluding hydrogens is 344 g/mol. The Morgan fingerprint density at radius 3 is 2.52 bits per heavy atom. The van der Waals surface area contributed by atoms with E-state index in [1.54, 1.807) is 24.0 Å². The highest BCUT2D eigenvalue weighted by atomic mass is 16.5. The molecule has 1 unspecified atom stereocenters. The molecule has 6 heteroatoms. The Kier molecular flexibility index (Phi) is 6.44. The first kappa shape index (κ1) is 18.9.